The van der Waals surface area contributed by atoms with Crippen molar-refractivity contribution in [2.24, 2.45) is 5.73 Å². The van der Waals surface area contributed by atoms with Gasteiger partial charge < -0.3 is 10.3 Å². The summed E-state index contributed by atoms with van der Waals surface area (Å²) in [5, 5.41) is 5.06. The summed E-state index contributed by atoms with van der Waals surface area (Å²) in [6.07, 6.45) is 2.51. The number of nitrogens with two attached hydrogens (primary N) is 1. The summed E-state index contributed by atoms with van der Waals surface area (Å²) in [7, 11) is 0. The number of aromatic nitrogens is 3. The van der Waals surface area contributed by atoms with Gasteiger partial charge in [-0.15, -0.1) is 0 Å². The Kier molecular flexibility index (Phi) is 2.99. The molecule has 0 radical (unpaired) electrons. The lowest BCUT2D eigenvalue weighted by Gasteiger charge is -2.16. The van der Waals surface area contributed by atoms with E-state index in [2.05, 4.69) is 15.1 Å². The van der Waals surface area contributed by atoms with Gasteiger partial charge in [0.15, 0.2) is 0 Å². The highest BCUT2D eigenvalue weighted by Crippen LogP contribution is 2.25. The molecule has 0 fully saturated rings. The molecule has 1 atom stereocenters. The van der Waals surface area contributed by atoms with Crippen LogP contribution in [-0.2, 0) is 5.54 Å². The molecule has 2 aromatic heterocycles. The van der Waals surface area contributed by atoms with Gasteiger partial charge in [0.25, 0.3) is 0 Å². The summed E-state index contributed by atoms with van der Waals surface area (Å²) in [4.78, 5) is 8.70. The van der Waals surface area contributed by atoms with Crippen LogP contribution < -0.4 is 5.73 Å². The Balaban J connectivity index is 2.03. The van der Waals surface area contributed by atoms with Crippen molar-refractivity contribution in [3.8, 4) is 11.4 Å². The highest BCUT2D eigenvalue weighted by atomic mass is 16.5. The molecule has 0 aliphatic heterocycles. The predicted octanol–water partition coefficient (Wildman–Crippen LogP) is 2.87. The summed E-state index contributed by atoms with van der Waals surface area (Å²) in [6.45, 7) is 3.88. The molecule has 3 rings (SSSR count). The van der Waals surface area contributed by atoms with Crippen LogP contribution in [-0.4, -0.2) is 15.1 Å². The lowest BCUT2D eigenvalue weighted by atomic mass is 10.0. The Hall–Kier alpha value is -2.27. The van der Waals surface area contributed by atoms with Gasteiger partial charge in [0, 0.05) is 17.1 Å². The zero-order chi connectivity index (χ0) is 14.2. The second-order valence-corrected chi connectivity index (χ2v) is 5.11. The second-order valence-electron chi connectivity index (χ2n) is 5.11. The van der Waals surface area contributed by atoms with E-state index in [9.17, 15) is 0 Å². The number of hydrogen-bond donors (Lipinski definition) is 1. The lowest BCUT2D eigenvalue weighted by molar-refractivity contribution is 0.291. The number of nitrogens with zero attached hydrogens (tertiary/aromatic N) is 3. The third kappa shape index (κ3) is 2.16. The van der Waals surface area contributed by atoms with Crippen molar-refractivity contribution in [3.63, 3.8) is 0 Å². The van der Waals surface area contributed by atoms with Gasteiger partial charge in [0.05, 0.1) is 11.1 Å². The molecule has 0 saturated carbocycles. The van der Waals surface area contributed by atoms with Gasteiger partial charge in [0.1, 0.15) is 0 Å². The van der Waals surface area contributed by atoms with Crippen molar-refractivity contribution in [2.75, 3.05) is 0 Å². The third-order valence-corrected chi connectivity index (χ3v) is 3.51. The van der Waals surface area contributed by atoms with Gasteiger partial charge in [-0.3, -0.25) is 4.98 Å². The zero-order valence-corrected chi connectivity index (χ0v) is 11.5. The third-order valence-electron chi connectivity index (χ3n) is 3.51. The molecular weight excluding hydrogens is 252 g/mol. The first-order valence-corrected chi connectivity index (χ1v) is 6.58. The molecule has 5 heteroatoms. The minimum Gasteiger partial charge on any atom is -0.337 e. The van der Waals surface area contributed by atoms with E-state index >= 15 is 0 Å². The minimum absolute atomic E-state index is 0.460. The molecule has 0 saturated heterocycles. The molecule has 0 aliphatic rings. The standard InChI is InChI=1S/C15H16N4O/c1-3-15(2,16)14-18-13(19-20-14)11-6-7-12-10(9-11)5-4-8-17-12/h4-9H,3,16H2,1-2H3. The summed E-state index contributed by atoms with van der Waals surface area (Å²) < 4.78 is 5.29. The SMILES string of the molecule is CCC(C)(N)c1nc(-c2ccc3ncccc3c2)no1. The Morgan fingerprint density at radius 2 is 2.15 bits per heavy atom. The lowest BCUT2D eigenvalue weighted by Crippen LogP contribution is -2.32. The normalized spacial score (nSPS) is 14.3. The van der Waals surface area contributed by atoms with Crippen LogP contribution in [0.2, 0.25) is 0 Å². The van der Waals surface area contributed by atoms with Crippen LogP contribution in [0.4, 0.5) is 0 Å². The second kappa shape index (κ2) is 4.68. The van der Waals surface area contributed by atoms with E-state index in [1.165, 1.54) is 0 Å². The summed E-state index contributed by atoms with van der Waals surface area (Å²) >= 11 is 0. The molecular formula is C15H16N4O. The largest absolute Gasteiger partial charge is 0.337 e. The van der Waals surface area contributed by atoms with E-state index in [0.29, 0.717) is 11.7 Å². The van der Waals surface area contributed by atoms with E-state index in [1.807, 2.05) is 44.2 Å². The van der Waals surface area contributed by atoms with E-state index < -0.39 is 5.54 Å². The van der Waals surface area contributed by atoms with Gasteiger partial charge in [-0.25, -0.2) is 0 Å². The highest BCUT2D eigenvalue weighted by Gasteiger charge is 2.26. The van der Waals surface area contributed by atoms with Crippen molar-refractivity contribution in [3.05, 3.63) is 42.4 Å². The Bertz CT molecular complexity index is 748. The van der Waals surface area contributed by atoms with Crippen LogP contribution in [0, 0.1) is 0 Å². The molecule has 20 heavy (non-hydrogen) atoms. The minimum atomic E-state index is -0.594. The van der Waals surface area contributed by atoms with Crippen LogP contribution in [0.1, 0.15) is 26.2 Å². The molecule has 0 bridgehead atoms. The molecule has 1 aromatic carbocycles. The van der Waals surface area contributed by atoms with Crippen molar-refractivity contribution < 1.29 is 4.52 Å². The van der Waals surface area contributed by atoms with Crippen LogP contribution in [0.5, 0.6) is 0 Å². The number of fused-ring (bicyclic) bond motifs is 1. The van der Waals surface area contributed by atoms with Crippen molar-refractivity contribution >= 4 is 10.9 Å². The van der Waals surface area contributed by atoms with E-state index in [-0.39, 0.29) is 0 Å². The van der Waals surface area contributed by atoms with Crippen molar-refractivity contribution in [1.29, 1.82) is 0 Å². The maximum Gasteiger partial charge on any atom is 0.246 e. The first-order valence-electron chi connectivity index (χ1n) is 6.58. The quantitative estimate of drug-likeness (QED) is 0.790. The molecule has 1 unspecified atom stereocenters. The molecule has 102 valence electrons. The zero-order valence-electron chi connectivity index (χ0n) is 11.5. The molecule has 0 amide bonds. The molecule has 5 nitrogen and oxygen atoms in total. The Morgan fingerprint density at radius 3 is 2.95 bits per heavy atom. The van der Waals surface area contributed by atoms with Crippen LogP contribution >= 0.6 is 0 Å². The van der Waals surface area contributed by atoms with Crippen LogP contribution in [0.25, 0.3) is 22.3 Å². The number of pyridine rings is 1. The fourth-order valence-corrected chi connectivity index (χ4v) is 1.94. The molecule has 3 aromatic rings. The molecule has 0 spiro atoms. The van der Waals surface area contributed by atoms with Crippen molar-refractivity contribution in [2.45, 2.75) is 25.8 Å². The maximum absolute atomic E-state index is 6.11. The molecule has 2 heterocycles. The Labute approximate surface area is 116 Å². The van der Waals surface area contributed by atoms with Gasteiger partial charge in [-0.1, -0.05) is 18.1 Å². The van der Waals surface area contributed by atoms with Gasteiger partial charge in [-0.05, 0) is 37.6 Å². The first kappa shape index (κ1) is 12.7. The summed E-state index contributed by atoms with van der Waals surface area (Å²) in [5.74, 6) is 1.01. The van der Waals surface area contributed by atoms with Gasteiger partial charge in [-0.2, -0.15) is 4.98 Å². The number of benzene rings is 1. The van der Waals surface area contributed by atoms with Gasteiger partial charge in [0.2, 0.25) is 11.7 Å². The van der Waals surface area contributed by atoms with Crippen LogP contribution in [0.15, 0.2) is 41.1 Å². The van der Waals surface area contributed by atoms with Gasteiger partial charge >= 0.3 is 0 Å². The Morgan fingerprint density at radius 1 is 1.30 bits per heavy atom. The van der Waals surface area contributed by atoms with Crippen molar-refractivity contribution in [1.82, 2.24) is 15.1 Å². The monoisotopic (exact) mass is 268 g/mol. The van der Waals surface area contributed by atoms with E-state index in [4.69, 9.17) is 10.3 Å². The van der Waals surface area contributed by atoms with E-state index in [1.54, 1.807) is 6.20 Å². The smallest absolute Gasteiger partial charge is 0.246 e. The topological polar surface area (TPSA) is 77.8 Å². The average molecular weight is 268 g/mol. The fraction of sp³-hybridized carbons (Fsp3) is 0.267. The predicted molar refractivity (Wildman–Crippen MR) is 76.9 cm³/mol. The molecule has 2 N–H and O–H groups in total. The average Bonchev–Trinajstić information content (AvgIpc) is 2.97. The highest BCUT2D eigenvalue weighted by molar-refractivity contribution is 5.82. The van der Waals surface area contributed by atoms with Crippen LogP contribution in [0.3, 0.4) is 0 Å². The molecule has 0 aliphatic carbocycles. The first-order chi connectivity index (χ1) is 9.60. The maximum atomic E-state index is 6.11. The number of hydrogen-bond acceptors (Lipinski definition) is 5. The number of rotatable bonds is 3. The summed E-state index contributed by atoms with van der Waals surface area (Å²) in [6, 6.07) is 9.79. The summed E-state index contributed by atoms with van der Waals surface area (Å²) in [5.41, 5.74) is 7.36. The van der Waals surface area contributed by atoms with E-state index in [0.717, 1.165) is 22.9 Å². The fourth-order valence-electron chi connectivity index (χ4n) is 1.94.